The van der Waals surface area contributed by atoms with E-state index >= 15 is 0 Å². The van der Waals surface area contributed by atoms with Crippen molar-refractivity contribution in [1.29, 1.82) is 0 Å². The number of hydrogen-bond donors (Lipinski definition) is 3. The van der Waals surface area contributed by atoms with Crippen molar-refractivity contribution in [2.24, 2.45) is 0 Å². The van der Waals surface area contributed by atoms with Crippen LogP contribution in [0.25, 0.3) is 0 Å². The summed E-state index contributed by atoms with van der Waals surface area (Å²) >= 11 is 1.81. The third-order valence-corrected chi connectivity index (χ3v) is 3.10. The van der Waals surface area contributed by atoms with Gasteiger partial charge in [0.2, 0.25) is 0 Å². The van der Waals surface area contributed by atoms with Crippen molar-refractivity contribution in [3.05, 3.63) is 23.8 Å². The highest BCUT2D eigenvalue weighted by molar-refractivity contribution is 7.98. The molecule has 0 aliphatic carbocycles. The molecule has 17 heavy (non-hydrogen) atoms. The van der Waals surface area contributed by atoms with Crippen LogP contribution in [-0.4, -0.2) is 29.6 Å². The minimum atomic E-state index is -0.955. The molecule has 0 amide bonds. The molecule has 0 fully saturated rings. The Morgan fingerprint density at radius 3 is 2.88 bits per heavy atom. The fourth-order valence-electron chi connectivity index (χ4n) is 1.53. The fourth-order valence-corrected chi connectivity index (χ4v) is 2.02. The Morgan fingerprint density at radius 2 is 2.24 bits per heavy atom. The van der Waals surface area contributed by atoms with Crippen LogP contribution in [0.2, 0.25) is 0 Å². The number of nitrogens with one attached hydrogen (secondary N) is 1. The van der Waals surface area contributed by atoms with Crippen LogP contribution in [0, 0.1) is 0 Å². The lowest BCUT2D eigenvalue weighted by atomic mass is 10.1. The molecule has 0 heterocycles. The first-order chi connectivity index (χ1) is 8.16. The lowest BCUT2D eigenvalue weighted by Crippen LogP contribution is -2.10. The molecule has 0 bridgehead atoms. The van der Waals surface area contributed by atoms with E-state index in [1.54, 1.807) is 18.2 Å². The number of carbonyl (C=O) groups is 1. The molecule has 0 spiro atoms. The molecule has 0 unspecified atom stereocenters. The van der Waals surface area contributed by atoms with Gasteiger partial charge in [-0.3, -0.25) is 0 Å². The molecule has 0 aliphatic rings. The smallest absolute Gasteiger partial charge is 0.337 e. The molecule has 4 N–H and O–H groups in total. The quantitative estimate of drug-likeness (QED) is 0.515. The van der Waals surface area contributed by atoms with Gasteiger partial charge in [0.05, 0.1) is 16.9 Å². The maximum atomic E-state index is 11.0. The van der Waals surface area contributed by atoms with Gasteiger partial charge in [0.15, 0.2) is 0 Å². The molecule has 0 saturated heterocycles. The van der Waals surface area contributed by atoms with Gasteiger partial charge < -0.3 is 16.2 Å². The highest BCUT2D eigenvalue weighted by atomic mass is 32.2. The number of unbranched alkanes of at least 4 members (excludes halogenated alkanes) is 1. The van der Waals surface area contributed by atoms with E-state index in [0.29, 0.717) is 11.4 Å². The SMILES string of the molecule is CSCCCCNc1c(N)cccc1C(=O)O. The van der Waals surface area contributed by atoms with Gasteiger partial charge in [-0.2, -0.15) is 11.8 Å². The number of hydrogen-bond acceptors (Lipinski definition) is 4. The predicted molar refractivity (Wildman–Crippen MR) is 73.9 cm³/mol. The van der Waals surface area contributed by atoms with E-state index in [4.69, 9.17) is 10.8 Å². The van der Waals surface area contributed by atoms with Crippen LogP contribution in [0.15, 0.2) is 18.2 Å². The van der Waals surface area contributed by atoms with E-state index < -0.39 is 5.97 Å². The summed E-state index contributed by atoms with van der Waals surface area (Å²) in [7, 11) is 0. The fraction of sp³-hybridized carbons (Fsp3) is 0.417. The highest BCUT2D eigenvalue weighted by Gasteiger charge is 2.11. The van der Waals surface area contributed by atoms with Gasteiger partial charge in [-0.15, -0.1) is 0 Å². The maximum Gasteiger partial charge on any atom is 0.337 e. The minimum absolute atomic E-state index is 0.231. The Hall–Kier alpha value is -1.36. The Balaban J connectivity index is 2.60. The number of nitrogen functional groups attached to an aromatic ring is 1. The lowest BCUT2D eigenvalue weighted by molar-refractivity contribution is 0.0698. The maximum absolute atomic E-state index is 11.0. The van der Waals surface area contributed by atoms with Crippen LogP contribution in [0.1, 0.15) is 23.2 Å². The highest BCUT2D eigenvalue weighted by Crippen LogP contribution is 2.23. The predicted octanol–water partition coefficient (Wildman–Crippen LogP) is 2.52. The van der Waals surface area contributed by atoms with Gasteiger partial charge in [-0.1, -0.05) is 6.07 Å². The third kappa shape index (κ3) is 4.19. The van der Waals surface area contributed by atoms with Crippen molar-refractivity contribution in [2.45, 2.75) is 12.8 Å². The number of thioether (sulfide) groups is 1. The largest absolute Gasteiger partial charge is 0.478 e. The Labute approximate surface area is 106 Å². The molecule has 0 radical (unpaired) electrons. The normalized spacial score (nSPS) is 10.2. The van der Waals surface area contributed by atoms with E-state index in [1.165, 1.54) is 0 Å². The van der Waals surface area contributed by atoms with E-state index in [0.717, 1.165) is 25.1 Å². The second-order valence-electron chi connectivity index (χ2n) is 3.70. The summed E-state index contributed by atoms with van der Waals surface area (Å²) in [5.74, 6) is 0.168. The summed E-state index contributed by atoms with van der Waals surface area (Å²) in [5, 5.41) is 12.1. The van der Waals surface area contributed by atoms with Gasteiger partial charge in [0.25, 0.3) is 0 Å². The average Bonchev–Trinajstić information content (AvgIpc) is 2.30. The molecule has 5 heteroatoms. The number of aromatic carboxylic acids is 1. The molecular weight excluding hydrogens is 236 g/mol. The standard InChI is InChI=1S/C12H18N2O2S/c1-17-8-3-2-7-14-11-9(12(15)16)5-4-6-10(11)13/h4-6,14H,2-3,7-8,13H2,1H3,(H,15,16). The number of anilines is 2. The third-order valence-electron chi connectivity index (χ3n) is 2.40. The van der Waals surface area contributed by atoms with Crippen molar-refractivity contribution in [3.63, 3.8) is 0 Å². The van der Waals surface area contributed by atoms with Crippen LogP contribution >= 0.6 is 11.8 Å². The van der Waals surface area contributed by atoms with E-state index in [-0.39, 0.29) is 5.56 Å². The second-order valence-corrected chi connectivity index (χ2v) is 4.69. The molecule has 4 nitrogen and oxygen atoms in total. The van der Waals surface area contributed by atoms with Crippen LogP contribution < -0.4 is 11.1 Å². The van der Waals surface area contributed by atoms with Crippen LogP contribution in [0.4, 0.5) is 11.4 Å². The zero-order valence-corrected chi connectivity index (χ0v) is 10.7. The average molecular weight is 254 g/mol. The van der Waals surface area contributed by atoms with Crippen LogP contribution in [0.3, 0.4) is 0 Å². The number of benzene rings is 1. The zero-order valence-electron chi connectivity index (χ0n) is 9.90. The summed E-state index contributed by atoms with van der Waals surface area (Å²) in [6.07, 6.45) is 4.20. The Bertz CT molecular complexity index is 383. The lowest BCUT2D eigenvalue weighted by Gasteiger charge is -2.11. The van der Waals surface area contributed by atoms with Gasteiger partial charge in [-0.25, -0.2) is 4.79 Å². The van der Waals surface area contributed by atoms with Crippen LogP contribution in [0.5, 0.6) is 0 Å². The molecule has 1 aromatic carbocycles. The topological polar surface area (TPSA) is 75.3 Å². The van der Waals surface area contributed by atoms with Gasteiger partial charge in [0.1, 0.15) is 0 Å². The van der Waals surface area contributed by atoms with Gasteiger partial charge in [-0.05, 0) is 37.0 Å². The molecule has 1 rings (SSSR count). The van der Waals surface area contributed by atoms with E-state index in [1.807, 2.05) is 11.8 Å². The number of carboxylic acid groups (broad SMARTS) is 1. The first-order valence-corrected chi connectivity index (χ1v) is 6.90. The van der Waals surface area contributed by atoms with Crippen molar-refractivity contribution in [1.82, 2.24) is 0 Å². The first kappa shape index (κ1) is 13.7. The Kier molecular flexibility index (Phi) is 5.69. The summed E-state index contributed by atoms with van der Waals surface area (Å²) in [6, 6.07) is 4.91. The molecule has 0 saturated carbocycles. The number of rotatable bonds is 7. The number of para-hydroxylation sites is 1. The summed E-state index contributed by atoms with van der Waals surface area (Å²) in [5.41, 5.74) is 7.01. The number of nitrogens with two attached hydrogens (primary N) is 1. The second kappa shape index (κ2) is 7.06. The molecule has 94 valence electrons. The molecule has 0 aromatic heterocycles. The van der Waals surface area contributed by atoms with E-state index in [9.17, 15) is 4.79 Å². The minimum Gasteiger partial charge on any atom is -0.478 e. The van der Waals surface area contributed by atoms with Gasteiger partial charge in [0, 0.05) is 6.54 Å². The molecule has 0 atom stereocenters. The van der Waals surface area contributed by atoms with Gasteiger partial charge >= 0.3 is 5.97 Å². The van der Waals surface area contributed by atoms with E-state index in [2.05, 4.69) is 11.6 Å². The van der Waals surface area contributed by atoms with Crippen molar-refractivity contribution >= 4 is 29.1 Å². The first-order valence-electron chi connectivity index (χ1n) is 5.51. The summed E-state index contributed by atoms with van der Waals surface area (Å²) in [6.45, 7) is 0.745. The zero-order chi connectivity index (χ0) is 12.7. The van der Waals surface area contributed by atoms with Crippen LogP contribution in [-0.2, 0) is 0 Å². The summed E-state index contributed by atoms with van der Waals surface area (Å²) in [4.78, 5) is 11.0. The monoisotopic (exact) mass is 254 g/mol. The van der Waals surface area contributed by atoms with Crippen molar-refractivity contribution in [2.75, 3.05) is 29.6 Å². The van der Waals surface area contributed by atoms with Crippen molar-refractivity contribution in [3.8, 4) is 0 Å². The summed E-state index contributed by atoms with van der Waals surface area (Å²) < 4.78 is 0. The Morgan fingerprint density at radius 1 is 1.47 bits per heavy atom. The number of carboxylic acids is 1. The van der Waals surface area contributed by atoms with Crippen molar-refractivity contribution < 1.29 is 9.90 Å². The molecule has 0 aliphatic heterocycles. The molecule has 1 aromatic rings. The molecular formula is C12H18N2O2S.